The van der Waals surface area contributed by atoms with Crippen LogP contribution >= 0.6 is 11.8 Å². The van der Waals surface area contributed by atoms with Gasteiger partial charge >= 0.3 is 0 Å². The fourth-order valence-corrected chi connectivity index (χ4v) is 4.61. The summed E-state index contributed by atoms with van der Waals surface area (Å²) < 4.78 is 0. The third kappa shape index (κ3) is 5.23. The van der Waals surface area contributed by atoms with E-state index in [0.29, 0.717) is 0 Å². The number of rotatable bonds is 6. The van der Waals surface area contributed by atoms with Crippen LogP contribution in [0.15, 0.2) is 89.8 Å². The first-order chi connectivity index (χ1) is 14.7. The van der Waals surface area contributed by atoms with Gasteiger partial charge in [-0.05, 0) is 49.0 Å². The van der Waals surface area contributed by atoms with Crippen LogP contribution in [0.1, 0.15) is 10.8 Å². The molecule has 4 nitrogen and oxygen atoms in total. The SMILES string of the molecule is CN1CCN(c2ccc(NC(=O)C(Sc3ccccc3)c3ccccc3)cc2)CC1. The van der Waals surface area contributed by atoms with Crippen LogP contribution < -0.4 is 10.2 Å². The molecule has 3 aromatic rings. The molecule has 1 heterocycles. The summed E-state index contributed by atoms with van der Waals surface area (Å²) in [5, 5.41) is 2.80. The molecule has 0 radical (unpaired) electrons. The number of thioether (sulfide) groups is 1. The van der Waals surface area contributed by atoms with E-state index in [2.05, 4.69) is 34.3 Å². The molecule has 154 valence electrons. The summed E-state index contributed by atoms with van der Waals surface area (Å²) in [6.45, 7) is 4.22. The highest BCUT2D eigenvalue weighted by molar-refractivity contribution is 8.00. The van der Waals surface area contributed by atoms with E-state index in [0.717, 1.165) is 42.3 Å². The van der Waals surface area contributed by atoms with Crippen LogP contribution in [0.5, 0.6) is 0 Å². The molecule has 1 saturated heterocycles. The Morgan fingerprint density at radius 1 is 0.833 bits per heavy atom. The van der Waals surface area contributed by atoms with E-state index in [1.165, 1.54) is 5.69 Å². The molecule has 1 unspecified atom stereocenters. The Bertz CT molecular complexity index is 939. The van der Waals surface area contributed by atoms with Crippen LogP contribution in [-0.2, 0) is 4.79 Å². The summed E-state index contributed by atoms with van der Waals surface area (Å²) in [5.41, 5.74) is 3.03. The van der Waals surface area contributed by atoms with Crippen LogP contribution in [0.2, 0.25) is 0 Å². The van der Waals surface area contributed by atoms with E-state index in [4.69, 9.17) is 0 Å². The van der Waals surface area contributed by atoms with Gasteiger partial charge in [-0.3, -0.25) is 4.79 Å². The van der Waals surface area contributed by atoms with Crippen molar-refractivity contribution in [1.29, 1.82) is 0 Å². The summed E-state index contributed by atoms with van der Waals surface area (Å²) in [7, 11) is 2.16. The van der Waals surface area contributed by atoms with Crippen molar-refractivity contribution < 1.29 is 4.79 Å². The second-order valence-corrected chi connectivity index (χ2v) is 8.73. The monoisotopic (exact) mass is 417 g/mol. The molecule has 0 bridgehead atoms. The zero-order chi connectivity index (χ0) is 20.8. The minimum Gasteiger partial charge on any atom is -0.369 e. The highest BCUT2D eigenvalue weighted by Gasteiger charge is 2.22. The van der Waals surface area contributed by atoms with Crippen molar-refractivity contribution in [2.75, 3.05) is 43.4 Å². The van der Waals surface area contributed by atoms with Gasteiger partial charge in [-0.1, -0.05) is 48.5 Å². The van der Waals surface area contributed by atoms with Crippen molar-refractivity contribution in [3.8, 4) is 0 Å². The minimum absolute atomic E-state index is 0.0117. The average molecular weight is 418 g/mol. The summed E-state index contributed by atoms with van der Waals surface area (Å²) in [5.74, 6) is -0.0117. The van der Waals surface area contributed by atoms with Gasteiger partial charge in [0, 0.05) is 42.4 Å². The Balaban J connectivity index is 1.47. The van der Waals surface area contributed by atoms with Gasteiger partial charge in [-0.25, -0.2) is 0 Å². The van der Waals surface area contributed by atoms with Gasteiger partial charge in [0.25, 0.3) is 0 Å². The molecule has 1 aliphatic heterocycles. The normalized spacial score (nSPS) is 15.6. The number of hydrogen-bond acceptors (Lipinski definition) is 4. The van der Waals surface area contributed by atoms with Gasteiger partial charge in [0.05, 0.1) is 0 Å². The van der Waals surface area contributed by atoms with Crippen molar-refractivity contribution in [1.82, 2.24) is 4.90 Å². The number of amides is 1. The molecule has 1 fully saturated rings. The first kappa shape index (κ1) is 20.5. The molecule has 0 aromatic heterocycles. The largest absolute Gasteiger partial charge is 0.369 e. The Labute approximate surface area is 182 Å². The Morgan fingerprint density at radius 3 is 2.07 bits per heavy atom. The van der Waals surface area contributed by atoms with Crippen molar-refractivity contribution in [3.05, 3.63) is 90.5 Å². The minimum atomic E-state index is -0.314. The molecule has 1 amide bonds. The molecule has 1 atom stereocenters. The molecule has 3 aromatic carbocycles. The summed E-state index contributed by atoms with van der Waals surface area (Å²) >= 11 is 1.57. The highest BCUT2D eigenvalue weighted by atomic mass is 32.2. The third-order valence-electron chi connectivity index (χ3n) is 5.34. The number of benzene rings is 3. The van der Waals surface area contributed by atoms with E-state index in [9.17, 15) is 4.79 Å². The van der Waals surface area contributed by atoms with Gasteiger partial charge in [-0.15, -0.1) is 11.8 Å². The smallest absolute Gasteiger partial charge is 0.242 e. The number of nitrogens with one attached hydrogen (secondary N) is 1. The molecule has 0 saturated carbocycles. The maximum absolute atomic E-state index is 13.2. The molecule has 0 aliphatic carbocycles. The molecular formula is C25H27N3OS. The van der Waals surface area contributed by atoms with Crippen LogP contribution in [0.3, 0.4) is 0 Å². The number of likely N-dealkylation sites (N-methyl/N-ethyl adjacent to an activating group) is 1. The molecular weight excluding hydrogens is 390 g/mol. The zero-order valence-corrected chi connectivity index (χ0v) is 18.0. The van der Waals surface area contributed by atoms with Crippen molar-refractivity contribution in [3.63, 3.8) is 0 Å². The lowest BCUT2D eigenvalue weighted by molar-refractivity contribution is -0.115. The van der Waals surface area contributed by atoms with Crippen LogP contribution in [0, 0.1) is 0 Å². The Kier molecular flexibility index (Phi) is 6.72. The van der Waals surface area contributed by atoms with E-state index in [1.54, 1.807) is 11.8 Å². The fraction of sp³-hybridized carbons (Fsp3) is 0.240. The number of carbonyl (C=O) groups is 1. The third-order valence-corrected chi connectivity index (χ3v) is 6.61. The maximum atomic E-state index is 13.2. The second-order valence-electron chi connectivity index (χ2n) is 7.55. The lowest BCUT2D eigenvalue weighted by Crippen LogP contribution is -2.44. The van der Waals surface area contributed by atoms with Gasteiger partial charge in [-0.2, -0.15) is 0 Å². The Morgan fingerprint density at radius 2 is 1.43 bits per heavy atom. The second kappa shape index (κ2) is 9.83. The van der Waals surface area contributed by atoms with Crippen LogP contribution in [-0.4, -0.2) is 44.0 Å². The Hall–Kier alpha value is -2.76. The topological polar surface area (TPSA) is 35.6 Å². The number of hydrogen-bond donors (Lipinski definition) is 1. The van der Waals surface area contributed by atoms with Gasteiger partial charge in [0.2, 0.25) is 5.91 Å². The fourth-order valence-electron chi connectivity index (χ4n) is 3.56. The predicted octanol–water partition coefficient (Wildman–Crippen LogP) is 4.91. The molecule has 1 N–H and O–H groups in total. The summed E-state index contributed by atoms with van der Waals surface area (Å²) in [6.07, 6.45) is 0. The predicted molar refractivity (Wildman–Crippen MR) is 126 cm³/mol. The molecule has 4 rings (SSSR count). The lowest BCUT2D eigenvalue weighted by atomic mass is 10.1. The van der Waals surface area contributed by atoms with Crippen molar-refractivity contribution in [2.45, 2.75) is 10.1 Å². The van der Waals surface area contributed by atoms with E-state index < -0.39 is 0 Å². The summed E-state index contributed by atoms with van der Waals surface area (Å²) in [6, 6.07) is 28.2. The van der Waals surface area contributed by atoms with Gasteiger partial charge < -0.3 is 15.1 Å². The first-order valence-corrected chi connectivity index (χ1v) is 11.2. The standard InChI is InChI=1S/C25H27N3OS/c1-27-16-18-28(19-17-27)22-14-12-21(13-15-22)26-25(29)24(20-8-4-2-5-9-20)30-23-10-6-3-7-11-23/h2-15,24H,16-19H2,1H3,(H,26,29). The zero-order valence-electron chi connectivity index (χ0n) is 17.2. The highest BCUT2D eigenvalue weighted by Crippen LogP contribution is 2.36. The molecule has 30 heavy (non-hydrogen) atoms. The first-order valence-electron chi connectivity index (χ1n) is 10.3. The van der Waals surface area contributed by atoms with Crippen molar-refractivity contribution >= 4 is 29.0 Å². The summed E-state index contributed by atoms with van der Waals surface area (Å²) in [4.78, 5) is 19.0. The quantitative estimate of drug-likeness (QED) is 0.578. The lowest BCUT2D eigenvalue weighted by Gasteiger charge is -2.34. The van der Waals surface area contributed by atoms with Crippen molar-refractivity contribution in [2.24, 2.45) is 0 Å². The van der Waals surface area contributed by atoms with Gasteiger partial charge in [0.1, 0.15) is 5.25 Å². The van der Waals surface area contributed by atoms with E-state index in [-0.39, 0.29) is 11.2 Å². The number of nitrogens with zero attached hydrogens (tertiary/aromatic N) is 2. The van der Waals surface area contributed by atoms with Crippen LogP contribution in [0.4, 0.5) is 11.4 Å². The maximum Gasteiger partial charge on any atom is 0.242 e. The van der Waals surface area contributed by atoms with Gasteiger partial charge in [0.15, 0.2) is 0 Å². The number of anilines is 2. The van der Waals surface area contributed by atoms with E-state index >= 15 is 0 Å². The number of carbonyl (C=O) groups excluding carboxylic acids is 1. The van der Waals surface area contributed by atoms with E-state index in [1.807, 2.05) is 72.8 Å². The average Bonchev–Trinajstić information content (AvgIpc) is 2.80. The molecule has 0 spiro atoms. The molecule has 1 aliphatic rings. The number of piperazine rings is 1. The van der Waals surface area contributed by atoms with Crippen LogP contribution in [0.25, 0.3) is 0 Å². The molecule has 5 heteroatoms.